The van der Waals surface area contributed by atoms with Gasteiger partial charge in [0.2, 0.25) is 0 Å². The van der Waals surface area contributed by atoms with E-state index in [4.69, 9.17) is 19.2 Å². The fourth-order valence-electron chi connectivity index (χ4n) is 4.34. The van der Waals surface area contributed by atoms with E-state index in [9.17, 15) is 9.59 Å². The Morgan fingerprint density at radius 1 is 1.27 bits per heavy atom. The van der Waals surface area contributed by atoms with Crippen LogP contribution in [0.2, 0.25) is 0 Å². The summed E-state index contributed by atoms with van der Waals surface area (Å²) in [5.74, 6) is 0.734. The van der Waals surface area contributed by atoms with Crippen LogP contribution in [-0.4, -0.2) is 71.3 Å². The van der Waals surface area contributed by atoms with Gasteiger partial charge >= 0.3 is 6.09 Å². The molecule has 0 bridgehead atoms. The number of amides is 2. The molecule has 2 aromatic rings. The van der Waals surface area contributed by atoms with Crippen molar-refractivity contribution in [2.75, 3.05) is 26.9 Å². The van der Waals surface area contributed by atoms with Crippen molar-refractivity contribution in [3.05, 3.63) is 34.8 Å². The summed E-state index contributed by atoms with van der Waals surface area (Å²) >= 11 is 1.40. The van der Waals surface area contributed by atoms with Crippen molar-refractivity contribution < 1.29 is 23.8 Å². The number of likely N-dealkylation sites (tertiary alicyclic amines) is 1. The van der Waals surface area contributed by atoms with Gasteiger partial charge in [-0.3, -0.25) is 4.79 Å². The molecule has 33 heavy (non-hydrogen) atoms. The van der Waals surface area contributed by atoms with Gasteiger partial charge in [-0.2, -0.15) is 0 Å². The minimum Gasteiger partial charge on any atom is -0.493 e. The van der Waals surface area contributed by atoms with Crippen LogP contribution in [0.5, 0.6) is 5.75 Å². The molecule has 0 spiro atoms. The Balaban J connectivity index is 1.51. The number of fused-ring (bicyclic) bond motifs is 1. The van der Waals surface area contributed by atoms with Gasteiger partial charge in [0.25, 0.3) is 5.91 Å². The highest BCUT2D eigenvalue weighted by molar-refractivity contribution is 7.17. The first-order valence-corrected chi connectivity index (χ1v) is 12.0. The number of methoxy groups -OCH3 is 1. The first-order valence-electron chi connectivity index (χ1n) is 11.2. The molecule has 1 saturated heterocycles. The zero-order chi connectivity index (χ0) is 23.8. The largest absolute Gasteiger partial charge is 0.493 e. The smallest absolute Gasteiger partial charge is 0.410 e. The maximum absolute atomic E-state index is 13.3. The Bertz CT molecular complexity index is 1030. The van der Waals surface area contributed by atoms with E-state index in [2.05, 4.69) is 0 Å². The SMILES string of the molecule is CCOc1ccccc1-c1nc2c(s1)C(=O)N([C@@H]1C[C@@H](COC)N(C(=O)OC(C)(C)C)C1)C2. The van der Waals surface area contributed by atoms with Gasteiger partial charge in [-0.25, -0.2) is 9.78 Å². The third-order valence-electron chi connectivity index (χ3n) is 5.71. The number of hydrogen-bond acceptors (Lipinski definition) is 7. The number of rotatable bonds is 6. The van der Waals surface area contributed by atoms with Crippen molar-refractivity contribution in [2.24, 2.45) is 0 Å². The van der Waals surface area contributed by atoms with Crippen molar-refractivity contribution in [1.29, 1.82) is 0 Å². The number of thiazole rings is 1. The maximum atomic E-state index is 13.3. The van der Waals surface area contributed by atoms with Crippen LogP contribution in [0.25, 0.3) is 10.6 Å². The van der Waals surface area contributed by atoms with Gasteiger partial charge in [0, 0.05) is 13.7 Å². The molecule has 2 amide bonds. The summed E-state index contributed by atoms with van der Waals surface area (Å²) < 4.78 is 16.7. The zero-order valence-corrected chi connectivity index (χ0v) is 20.6. The standard InChI is InChI=1S/C24H31N3O5S/c1-6-31-19-10-8-7-9-17(19)21-25-18-13-26(22(28)20(18)33-21)15-11-16(14-30-5)27(12-15)23(29)32-24(2,3)4/h7-10,15-16H,6,11-14H2,1-5H3/t15-,16+/m1/s1. The Labute approximate surface area is 198 Å². The average Bonchev–Trinajstić information content (AvgIpc) is 3.42. The van der Waals surface area contributed by atoms with E-state index in [-0.39, 0.29) is 24.1 Å². The van der Waals surface area contributed by atoms with Crippen LogP contribution in [0.15, 0.2) is 24.3 Å². The lowest BCUT2D eigenvalue weighted by molar-refractivity contribution is 0.0140. The predicted molar refractivity (Wildman–Crippen MR) is 126 cm³/mol. The topological polar surface area (TPSA) is 81.2 Å². The fraction of sp³-hybridized carbons (Fsp3) is 0.542. The summed E-state index contributed by atoms with van der Waals surface area (Å²) in [6, 6.07) is 7.51. The van der Waals surface area contributed by atoms with Gasteiger partial charge in [0.05, 0.1) is 43.1 Å². The molecule has 0 unspecified atom stereocenters. The van der Waals surface area contributed by atoms with Crippen molar-refractivity contribution in [2.45, 2.75) is 58.3 Å². The Hall–Kier alpha value is -2.65. The molecule has 3 heterocycles. The normalized spacial score (nSPS) is 20.3. The van der Waals surface area contributed by atoms with Crippen LogP contribution in [0, 0.1) is 0 Å². The van der Waals surface area contributed by atoms with Gasteiger partial charge in [-0.1, -0.05) is 12.1 Å². The molecule has 2 aliphatic heterocycles. The van der Waals surface area contributed by atoms with E-state index < -0.39 is 5.60 Å². The second kappa shape index (κ2) is 9.30. The Morgan fingerprint density at radius 2 is 2.03 bits per heavy atom. The minimum absolute atomic E-state index is 0.0325. The molecule has 0 radical (unpaired) electrons. The highest BCUT2D eigenvalue weighted by Crippen LogP contribution is 2.39. The Kier molecular flexibility index (Phi) is 6.63. The maximum Gasteiger partial charge on any atom is 0.410 e. The summed E-state index contributed by atoms with van der Waals surface area (Å²) in [5.41, 5.74) is 1.10. The van der Waals surface area contributed by atoms with Crippen molar-refractivity contribution in [3.8, 4) is 16.3 Å². The number of nitrogens with zero attached hydrogens (tertiary/aromatic N) is 3. The molecule has 0 aliphatic carbocycles. The number of benzene rings is 1. The van der Waals surface area contributed by atoms with Gasteiger partial charge in [-0.15, -0.1) is 11.3 Å². The van der Waals surface area contributed by atoms with Gasteiger partial charge in [0.1, 0.15) is 21.2 Å². The molecule has 2 aliphatic rings. The van der Waals surface area contributed by atoms with Gasteiger partial charge in [0.15, 0.2) is 0 Å². The number of carbonyl (C=O) groups is 2. The van der Waals surface area contributed by atoms with Crippen LogP contribution in [0.1, 0.15) is 49.5 Å². The zero-order valence-electron chi connectivity index (χ0n) is 19.8. The third kappa shape index (κ3) is 4.84. The second-order valence-corrected chi connectivity index (χ2v) is 10.3. The number of carbonyl (C=O) groups excluding carboxylic acids is 2. The summed E-state index contributed by atoms with van der Waals surface area (Å²) in [7, 11) is 1.62. The first kappa shape index (κ1) is 23.5. The molecule has 1 aromatic heterocycles. The molecule has 2 atom stereocenters. The average molecular weight is 474 g/mol. The van der Waals surface area contributed by atoms with Crippen LogP contribution < -0.4 is 4.74 Å². The number of hydrogen-bond donors (Lipinski definition) is 0. The van der Waals surface area contributed by atoms with Gasteiger partial charge < -0.3 is 24.0 Å². The molecular weight excluding hydrogens is 442 g/mol. The van der Waals surface area contributed by atoms with E-state index in [0.717, 1.165) is 22.0 Å². The van der Waals surface area contributed by atoms with Gasteiger partial charge in [-0.05, 0) is 46.2 Å². The predicted octanol–water partition coefficient (Wildman–Crippen LogP) is 4.19. The quantitative estimate of drug-likeness (QED) is 0.626. The third-order valence-corrected chi connectivity index (χ3v) is 6.83. The van der Waals surface area contributed by atoms with Crippen LogP contribution in [-0.2, 0) is 16.0 Å². The number of aromatic nitrogens is 1. The lowest BCUT2D eigenvalue weighted by atomic mass is 10.1. The van der Waals surface area contributed by atoms with Crippen molar-refractivity contribution >= 4 is 23.3 Å². The highest BCUT2D eigenvalue weighted by Gasteiger charge is 2.44. The van der Waals surface area contributed by atoms with Crippen LogP contribution in [0.4, 0.5) is 4.79 Å². The molecule has 8 nitrogen and oxygen atoms in total. The first-order chi connectivity index (χ1) is 15.7. The summed E-state index contributed by atoms with van der Waals surface area (Å²) in [6.45, 7) is 9.30. The van der Waals surface area contributed by atoms with Crippen LogP contribution >= 0.6 is 11.3 Å². The summed E-state index contributed by atoms with van der Waals surface area (Å²) in [4.78, 5) is 35.0. The number of ether oxygens (including phenoxy) is 3. The fourth-order valence-corrected chi connectivity index (χ4v) is 5.40. The molecule has 9 heteroatoms. The highest BCUT2D eigenvalue weighted by atomic mass is 32.1. The summed E-state index contributed by atoms with van der Waals surface area (Å²) in [6.07, 6.45) is 0.273. The minimum atomic E-state index is -0.585. The molecule has 178 valence electrons. The van der Waals surface area contributed by atoms with E-state index >= 15 is 0 Å². The van der Waals surface area contributed by atoms with E-state index in [1.807, 2.05) is 56.9 Å². The van der Waals surface area contributed by atoms with Crippen molar-refractivity contribution in [1.82, 2.24) is 14.8 Å². The van der Waals surface area contributed by atoms with E-state index in [0.29, 0.717) is 37.6 Å². The monoisotopic (exact) mass is 473 g/mol. The second-order valence-electron chi connectivity index (χ2n) is 9.29. The summed E-state index contributed by atoms with van der Waals surface area (Å²) in [5, 5.41) is 0.788. The number of para-hydroxylation sites is 1. The van der Waals surface area contributed by atoms with E-state index in [1.165, 1.54) is 11.3 Å². The molecule has 1 aromatic carbocycles. The molecule has 0 saturated carbocycles. The lowest BCUT2D eigenvalue weighted by Crippen LogP contribution is -2.43. The molecule has 4 rings (SSSR count). The molecule has 0 N–H and O–H groups in total. The van der Waals surface area contributed by atoms with Crippen LogP contribution in [0.3, 0.4) is 0 Å². The van der Waals surface area contributed by atoms with E-state index in [1.54, 1.807) is 12.0 Å². The lowest BCUT2D eigenvalue weighted by Gasteiger charge is -2.28. The van der Waals surface area contributed by atoms with Crippen molar-refractivity contribution in [3.63, 3.8) is 0 Å². The molecular formula is C24H31N3O5S. The Morgan fingerprint density at radius 3 is 2.70 bits per heavy atom. The molecule has 1 fully saturated rings.